The Kier molecular flexibility index (Phi) is 7.19. The van der Waals surface area contributed by atoms with Crippen LogP contribution in [0.4, 0.5) is 19.1 Å². The van der Waals surface area contributed by atoms with Crippen molar-refractivity contribution in [2.75, 3.05) is 31.1 Å². The maximum atomic E-state index is 13.9. The van der Waals surface area contributed by atoms with Gasteiger partial charge in [-0.2, -0.15) is 18.2 Å². The highest BCUT2D eigenvalue weighted by Crippen LogP contribution is 2.29. The molecule has 1 N–H and O–H groups in total. The number of anilines is 1. The molecule has 5 rings (SSSR count). The number of aromatic nitrogens is 4. The van der Waals surface area contributed by atoms with Gasteiger partial charge in [-0.25, -0.2) is 9.59 Å². The van der Waals surface area contributed by atoms with E-state index in [1.807, 2.05) is 0 Å². The minimum Gasteiger partial charge on any atom is -0.339 e. The second-order valence-corrected chi connectivity index (χ2v) is 9.16. The van der Waals surface area contributed by atoms with E-state index in [1.54, 1.807) is 59.5 Å². The molecule has 0 radical (unpaired) electrons. The number of nitrogens with one attached hydrogen (secondary N) is 1. The summed E-state index contributed by atoms with van der Waals surface area (Å²) in [7, 11) is 0. The largest absolute Gasteiger partial charge is 0.493 e. The van der Waals surface area contributed by atoms with E-state index < -0.39 is 29.0 Å². The van der Waals surface area contributed by atoms with Crippen LogP contribution in [0.3, 0.4) is 0 Å². The van der Waals surface area contributed by atoms with Crippen LogP contribution in [-0.2, 0) is 17.8 Å². The first-order valence-electron chi connectivity index (χ1n) is 12.0. The van der Waals surface area contributed by atoms with Crippen molar-refractivity contribution < 1.29 is 22.8 Å². The first-order chi connectivity index (χ1) is 18.7. The summed E-state index contributed by atoms with van der Waals surface area (Å²) in [5.74, 6) is -2.47. The number of imidazole rings is 1. The van der Waals surface area contributed by atoms with Gasteiger partial charge in [-0.1, -0.05) is 58.8 Å². The fourth-order valence-corrected chi connectivity index (χ4v) is 4.60. The van der Waals surface area contributed by atoms with Gasteiger partial charge in [0.25, 0.3) is 5.56 Å². The van der Waals surface area contributed by atoms with Crippen LogP contribution in [0.5, 0.6) is 0 Å². The lowest BCUT2D eigenvalue weighted by Crippen LogP contribution is -2.46. The zero-order valence-electron chi connectivity index (χ0n) is 20.3. The van der Waals surface area contributed by atoms with E-state index in [2.05, 4.69) is 15.1 Å². The van der Waals surface area contributed by atoms with Crippen molar-refractivity contribution >= 4 is 34.7 Å². The number of aryl methyl sites for hydroxylation is 1. The van der Waals surface area contributed by atoms with Crippen LogP contribution in [0.15, 0.2) is 64.2 Å². The van der Waals surface area contributed by atoms with Gasteiger partial charge in [0, 0.05) is 32.7 Å². The molecule has 2 aromatic heterocycles. The molecular weight excluding hydrogens is 541 g/mol. The van der Waals surface area contributed by atoms with Crippen molar-refractivity contribution in [2.24, 2.45) is 0 Å². The van der Waals surface area contributed by atoms with Crippen molar-refractivity contribution in [3.05, 3.63) is 86.0 Å². The van der Waals surface area contributed by atoms with Crippen molar-refractivity contribution in [1.82, 2.24) is 24.2 Å². The number of halogens is 4. The predicted octanol–water partition coefficient (Wildman–Crippen LogP) is 2.17. The molecule has 1 aliphatic heterocycles. The van der Waals surface area contributed by atoms with Gasteiger partial charge in [0.05, 0.1) is 10.7 Å². The maximum Gasteiger partial charge on any atom is 0.493 e. The zero-order chi connectivity index (χ0) is 27.7. The number of carbonyl (C=O) groups is 1. The number of rotatable bonds is 6. The van der Waals surface area contributed by atoms with Crippen LogP contribution in [-0.4, -0.2) is 57.2 Å². The van der Waals surface area contributed by atoms with Gasteiger partial charge in [-0.05, 0) is 24.1 Å². The number of alkyl halides is 3. The minimum atomic E-state index is -5.40. The third kappa shape index (κ3) is 5.14. The quantitative estimate of drug-likeness (QED) is 0.384. The Labute approximate surface area is 223 Å². The highest BCUT2D eigenvalue weighted by molar-refractivity contribution is 6.32. The smallest absolute Gasteiger partial charge is 0.339 e. The van der Waals surface area contributed by atoms with Gasteiger partial charge < -0.3 is 15.1 Å². The number of carbonyl (C=O) groups excluding carboxylic acids is 1. The summed E-state index contributed by atoms with van der Waals surface area (Å²) >= 11 is 6.48. The highest BCUT2D eigenvalue weighted by atomic mass is 35.5. The van der Waals surface area contributed by atoms with Crippen molar-refractivity contribution in [3.8, 4) is 5.69 Å². The number of benzene rings is 2. The standard InChI is InChI=1S/C25H22ClF3N6O4/c26-17-8-4-5-9-18(17)34-19-20(31-23(34)32-14-11-30-12-15-32)35(39-22(37)25(27,28)29)24(38)33(21(19)36)13-10-16-6-2-1-3-7-16/h1-9,30H,10-15H2. The molecule has 4 aromatic rings. The fourth-order valence-electron chi connectivity index (χ4n) is 4.38. The van der Waals surface area contributed by atoms with E-state index in [0.717, 1.165) is 10.1 Å². The van der Waals surface area contributed by atoms with Crippen LogP contribution in [0.2, 0.25) is 5.02 Å². The molecule has 1 saturated heterocycles. The normalized spacial score (nSPS) is 14.1. The Morgan fingerprint density at radius 2 is 1.69 bits per heavy atom. The summed E-state index contributed by atoms with van der Waals surface area (Å²) < 4.78 is 41.8. The predicted molar refractivity (Wildman–Crippen MR) is 137 cm³/mol. The molecule has 204 valence electrons. The van der Waals surface area contributed by atoms with Crippen LogP contribution < -0.4 is 26.3 Å². The highest BCUT2D eigenvalue weighted by Gasteiger charge is 2.43. The number of para-hydroxylation sites is 1. The average Bonchev–Trinajstić information content (AvgIpc) is 3.32. The molecule has 2 aromatic carbocycles. The molecule has 0 amide bonds. The van der Waals surface area contributed by atoms with Crippen molar-refractivity contribution in [3.63, 3.8) is 0 Å². The molecule has 0 saturated carbocycles. The zero-order valence-corrected chi connectivity index (χ0v) is 21.1. The monoisotopic (exact) mass is 562 g/mol. The maximum absolute atomic E-state index is 13.9. The van der Waals surface area contributed by atoms with Gasteiger partial charge in [0.2, 0.25) is 11.6 Å². The Morgan fingerprint density at radius 3 is 2.36 bits per heavy atom. The summed E-state index contributed by atoms with van der Waals surface area (Å²) in [6, 6.07) is 15.4. The first-order valence-corrected chi connectivity index (χ1v) is 12.4. The van der Waals surface area contributed by atoms with Gasteiger partial charge in [0.1, 0.15) is 0 Å². The van der Waals surface area contributed by atoms with Crippen molar-refractivity contribution in [2.45, 2.75) is 19.1 Å². The number of piperazine rings is 1. The van der Waals surface area contributed by atoms with Crippen molar-refractivity contribution in [1.29, 1.82) is 0 Å². The third-order valence-corrected chi connectivity index (χ3v) is 6.57. The lowest BCUT2D eigenvalue weighted by Gasteiger charge is -2.28. The molecule has 0 aliphatic carbocycles. The van der Waals surface area contributed by atoms with E-state index in [-0.39, 0.29) is 34.2 Å². The summed E-state index contributed by atoms with van der Waals surface area (Å²) in [4.78, 5) is 49.8. The van der Waals surface area contributed by atoms with Gasteiger partial charge in [-0.15, -0.1) is 0 Å². The molecule has 0 unspecified atom stereocenters. The second kappa shape index (κ2) is 10.6. The minimum absolute atomic E-state index is 0.136. The SMILES string of the molecule is O=C(On1c(=O)n(CCc2ccccc2)c(=O)c2c1nc(N1CCNCC1)n2-c1ccccc1Cl)C(F)(F)F. The van der Waals surface area contributed by atoms with Crippen LogP contribution in [0.1, 0.15) is 5.56 Å². The summed E-state index contributed by atoms with van der Waals surface area (Å²) in [6.07, 6.45) is -5.19. The Hall–Kier alpha value is -4.10. The molecule has 1 aliphatic rings. The molecule has 0 atom stereocenters. The number of fused-ring (bicyclic) bond motifs is 1. The van der Waals surface area contributed by atoms with Crippen LogP contribution in [0.25, 0.3) is 16.9 Å². The molecule has 14 heteroatoms. The molecule has 0 spiro atoms. The van der Waals surface area contributed by atoms with Gasteiger partial charge >= 0.3 is 17.8 Å². The number of hydrogen-bond donors (Lipinski definition) is 1. The van der Waals surface area contributed by atoms with Crippen LogP contribution >= 0.6 is 11.6 Å². The third-order valence-electron chi connectivity index (χ3n) is 6.25. The fraction of sp³-hybridized carbons (Fsp3) is 0.280. The van der Waals surface area contributed by atoms with Gasteiger partial charge in [-0.3, -0.25) is 13.9 Å². The van der Waals surface area contributed by atoms with Gasteiger partial charge in [0.15, 0.2) is 5.52 Å². The topological polar surface area (TPSA) is 103 Å². The molecule has 0 bridgehead atoms. The summed E-state index contributed by atoms with van der Waals surface area (Å²) in [5.41, 5.74) is -1.79. The van der Waals surface area contributed by atoms with E-state index in [0.29, 0.717) is 31.9 Å². The lowest BCUT2D eigenvalue weighted by atomic mass is 10.1. The number of nitrogens with zero attached hydrogens (tertiary/aromatic N) is 5. The summed E-state index contributed by atoms with van der Waals surface area (Å²) in [5, 5.41) is 3.41. The first kappa shape index (κ1) is 26.5. The average molecular weight is 563 g/mol. The Balaban J connectivity index is 1.80. The molecule has 3 heterocycles. The molecule has 1 fully saturated rings. The molecule has 10 nitrogen and oxygen atoms in total. The number of hydrogen-bond acceptors (Lipinski definition) is 7. The molecule has 39 heavy (non-hydrogen) atoms. The van der Waals surface area contributed by atoms with E-state index in [1.165, 1.54) is 4.57 Å². The lowest BCUT2D eigenvalue weighted by molar-refractivity contribution is -0.200. The van der Waals surface area contributed by atoms with Crippen LogP contribution in [0, 0.1) is 0 Å². The summed E-state index contributed by atoms with van der Waals surface area (Å²) in [6.45, 7) is 1.84. The molecular formula is C25H22ClF3N6O4. The Morgan fingerprint density at radius 1 is 1.03 bits per heavy atom. The van der Waals surface area contributed by atoms with E-state index in [4.69, 9.17) is 11.6 Å². The Bertz CT molecular complexity index is 1640. The second-order valence-electron chi connectivity index (χ2n) is 8.75. The van der Waals surface area contributed by atoms with E-state index >= 15 is 0 Å². The van der Waals surface area contributed by atoms with E-state index in [9.17, 15) is 27.6 Å².